The minimum Gasteiger partial charge on any atom is -0.454 e. The Labute approximate surface area is 135 Å². The molecular weight excluding hydrogens is 330 g/mol. The van der Waals surface area contributed by atoms with Crippen LogP contribution in [0.2, 0.25) is 0 Å². The van der Waals surface area contributed by atoms with E-state index >= 15 is 0 Å². The van der Waals surface area contributed by atoms with Crippen molar-refractivity contribution in [3.8, 4) is 11.5 Å². The minimum atomic E-state index is 0.326. The predicted molar refractivity (Wildman–Crippen MR) is 87.8 cm³/mol. The van der Waals surface area contributed by atoms with Gasteiger partial charge in [-0.25, -0.2) is 0 Å². The molecule has 1 N–H and O–H groups in total. The molecule has 3 nitrogen and oxygen atoms in total. The molecule has 0 radical (unpaired) electrons. The van der Waals surface area contributed by atoms with Crippen molar-refractivity contribution in [3.05, 3.63) is 22.2 Å². The van der Waals surface area contributed by atoms with E-state index in [4.69, 9.17) is 9.47 Å². The van der Waals surface area contributed by atoms with Gasteiger partial charge in [-0.05, 0) is 65.2 Å². The van der Waals surface area contributed by atoms with Gasteiger partial charge in [0.15, 0.2) is 11.5 Å². The summed E-state index contributed by atoms with van der Waals surface area (Å²) in [6.07, 6.45) is 8.13. The first-order valence-electron chi connectivity index (χ1n) is 8.07. The first-order chi connectivity index (χ1) is 10.3. The van der Waals surface area contributed by atoms with Crippen molar-refractivity contribution < 1.29 is 9.47 Å². The molecule has 1 aromatic carbocycles. The molecule has 3 rings (SSSR count). The van der Waals surface area contributed by atoms with Crippen molar-refractivity contribution >= 4 is 15.9 Å². The maximum atomic E-state index is 5.47. The Morgan fingerprint density at radius 3 is 2.76 bits per heavy atom. The van der Waals surface area contributed by atoms with Crippen LogP contribution < -0.4 is 14.8 Å². The maximum absolute atomic E-state index is 5.47. The van der Waals surface area contributed by atoms with Crippen LogP contribution in [0.4, 0.5) is 0 Å². The fourth-order valence-electron chi connectivity index (χ4n) is 3.45. The third-order valence-electron chi connectivity index (χ3n) is 4.63. The average Bonchev–Trinajstić information content (AvgIpc) is 2.96. The Bertz CT molecular complexity index is 484. The normalized spacial score (nSPS) is 24.3. The number of nitrogens with one attached hydrogen (secondary N) is 1. The van der Waals surface area contributed by atoms with Crippen LogP contribution in [-0.4, -0.2) is 12.8 Å². The lowest BCUT2D eigenvalue weighted by Gasteiger charge is -2.29. The number of benzene rings is 1. The third kappa shape index (κ3) is 3.72. The largest absolute Gasteiger partial charge is 0.454 e. The Morgan fingerprint density at radius 1 is 1.19 bits per heavy atom. The van der Waals surface area contributed by atoms with Crippen LogP contribution in [-0.2, 0) is 6.54 Å². The van der Waals surface area contributed by atoms with E-state index in [0.29, 0.717) is 12.8 Å². The van der Waals surface area contributed by atoms with Crippen LogP contribution in [0.15, 0.2) is 16.6 Å². The van der Waals surface area contributed by atoms with E-state index in [1.54, 1.807) is 0 Å². The number of halogens is 1. The monoisotopic (exact) mass is 353 g/mol. The molecule has 1 saturated carbocycles. The average molecular weight is 354 g/mol. The number of rotatable bonds is 5. The summed E-state index contributed by atoms with van der Waals surface area (Å²) in [6, 6.07) is 4.88. The van der Waals surface area contributed by atoms with Gasteiger partial charge in [-0.1, -0.05) is 19.8 Å². The molecule has 1 aliphatic carbocycles. The highest BCUT2D eigenvalue weighted by Gasteiger charge is 2.21. The molecule has 0 unspecified atom stereocenters. The topological polar surface area (TPSA) is 30.5 Å². The first kappa shape index (κ1) is 15.2. The summed E-state index contributed by atoms with van der Waals surface area (Å²) in [5.41, 5.74) is 1.25. The van der Waals surface area contributed by atoms with Gasteiger partial charge in [-0.15, -0.1) is 0 Å². The zero-order valence-corrected chi connectivity index (χ0v) is 14.2. The molecule has 0 bridgehead atoms. The van der Waals surface area contributed by atoms with Crippen molar-refractivity contribution in [3.63, 3.8) is 0 Å². The fourth-order valence-corrected chi connectivity index (χ4v) is 4.05. The highest BCUT2D eigenvalue weighted by Crippen LogP contribution is 2.40. The van der Waals surface area contributed by atoms with Crippen LogP contribution in [0.3, 0.4) is 0 Å². The van der Waals surface area contributed by atoms with Crippen molar-refractivity contribution in [1.82, 2.24) is 5.32 Å². The van der Waals surface area contributed by atoms with Crippen LogP contribution >= 0.6 is 15.9 Å². The van der Waals surface area contributed by atoms with Gasteiger partial charge in [0.1, 0.15) is 0 Å². The van der Waals surface area contributed by atoms with E-state index < -0.39 is 0 Å². The van der Waals surface area contributed by atoms with Crippen LogP contribution in [0.1, 0.15) is 51.0 Å². The molecule has 1 heterocycles. The second-order valence-electron chi connectivity index (χ2n) is 6.20. The lowest BCUT2D eigenvalue weighted by molar-refractivity contribution is 0.173. The van der Waals surface area contributed by atoms with E-state index in [-0.39, 0.29) is 0 Å². The van der Waals surface area contributed by atoms with Crippen molar-refractivity contribution in [2.45, 2.75) is 58.0 Å². The van der Waals surface area contributed by atoms with Gasteiger partial charge in [0, 0.05) is 12.6 Å². The predicted octanol–water partition coefficient (Wildman–Crippen LogP) is 4.63. The summed E-state index contributed by atoms with van der Waals surface area (Å²) in [7, 11) is 0. The zero-order valence-electron chi connectivity index (χ0n) is 12.7. The van der Waals surface area contributed by atoms with E-state index in [2.05, 4.69) is 40.3 Å². The second-order valence-corrected chi connectivity index (χ2v) is 7.05. The van der Waals surface area contributed by atoms with Crippen LogP contribution in [0.5, 0.6) is 11.5 Å². The van der Waals surface area contributed by atoms with Gasteiger partial charge in [0.25, 0.3) is 0 Å². The minimum absolute atomic E-state index is 0.326. The number of fused-ring (bicyclic) bond motifs is 1. The number of hydrogen-bond donors (Lipinski definition) is 1. The zero-order chi connectivity index (χ0) is 14.7. The third-order valence-corrected chi connectivity index (χ3v) is 5.21. The Balaban J connectivity index is 1.51. The SMILES string of the molecule is CCCC1CCC(NCc2cc(Br)c3c(c2)OCO3)CC1. The molecular formula is C17H24BrNO2. The Hall–Kier alpha value is -0.740. The quantitative estimate of drug-likeness (QED) is 0.837. The van der Waals surface area contributed by atoms with Crippen molar-refractivity contribution in [2.75, 3.05) is 6.79 Å². The summed E-state index contributed by atoms with van der Waals surface area (Å²) in [5.74, 6) is 2.65. The lowest BCUT2D eigenvalue weighted by atomic mass is 9.83. The molecule has 0 atom stereocenters. The Morgan fingerprint density at radius 2 is 2.00 bits per heavy atom. The van der Waals surface area contributed by atoms with Gasteiger partial charge >= 0.3 is 0 Å². The van der Waals surface area contributed by atoms with E-state index in [0.717, 1.165) is 28.4 Å². The summed E-state index contributed by atoms with van der Waals surface area (Å²) in [5, 5.41) is 3.70. The molecule has 1 fully saturated rings. The van der Waals surface area contributed by atoms with Gasteiger partial charge < -0.3 is 14.8 Å². The van der Waals surface area contributed by atoms with Gasteiger partial charge in [0.05, 0.1) is 4.47 Å². The molecule has 116 valence electrons. The van der Waals surface area contributed by atoms with Gasteiger partial charge in [-0.3, -0.25) is 0 Å². The second kappa shape index (κ2) is 7.01. The maximum Gasteiger partial charge on any atom is 0.231 e. The van der Waals surface area contributed by atoms with Gasteiger partial charge in [-0.2, -0.15) is 0 Å². The molecule has 0 aromatic heterocycles. The van der Waals surface area contributed by atoms with E-state index in [1.165, 1.54) is 44.1 Å². The van der Waals surface area contributed by atoms with Crippen molar-refractivity contribution in [1.29, 1.82) is 0 Å². The van der Waals surface area contributed by atoms with Crippen LogP contribution in [0.25, 0.3) is 0 Å². The molecule has 1 aliphatic heterocycles. The lowest BCUT2D eigenvalue weighted by Crippen LogP contribution is -2.32. The number of hydrogen-bond acceptors (Lipinski definition) is 3. The Kier molecular flexibility index (Phi) is 5.07. The fraction of sp³-hybridized carbons (Fsp3) is 0.647. The molecule has 0 amide bonds. The standard InChI is InChI=1S/C17H24BrNO2/c1-2-3-12-4-6-14(7-5-12)19-10-13-8-15(18)17-16(9-13)20-11-21-17/h8-9,12,14,19H,2-7,10-11H2,1H3. The highest BCUT2D eigenvalue weighted by atomic mass is 79.9. The summed E-state index contributed by atoms with van der Waals surface area (Å²) < 4.78 is 11.9. The smallest absolute Gasteiger partial charge is 0.231 e. The molecule has 2 aliphatic rings. The van der Waals surface area contributed by atoms with E-state index in [1.807, 2.05) is 0 Å². The van der Waals surface area contributed by atoms with Gasteiger partial charge in [0.2, 0.25) is 6.79 Å². The number of ether oxygens (including phenoxy) is 2. The summed E-state index contributed by atoms with van der Waals surface area (Å²) in [6.45, 7) is 3.52. The molecule has 0 spiro atoms. The first-order valence-corrected chi connectivity index (χ1v) is 8.87. The molecule has 4 heteroatoms. The summed E-state index contributed by atoms with van der Waals surface area (Å²) >= 11 is 3.56. The highest BCUT2D eigenvalue weighted by molar-refractivity contribution is 9.10. The van der Waals surface area contributed by atoms with E-state index in [9.17, 15) is 0 Å². The van der Waals surface area contributed by atoms with Crippen molar-refractivity contribution in [2.24, 2.45) is 5.92 Å². The summed E-state index contributed by atoms with van der Waals surface area (Å²) in [4.78, 5) is 0. The molecule has 1 aromatic rings. The van der Waals surface area contributed by atoms with Crippen LogP contribution in [0, 0.1) is 5.92 Å². The molecule has 21 heavy (non-hydrogen) atoms. The molecule has 0 saturated heterocycles.